The molecule has 0 saturated carbocycles. The molecular weight excluding hydrogens is 306 g/mol. The number of para-hydroxylation sites is 1. The predicted molar refractivity (Wildman–Crippen MR) is 93.1 cm³/mol. The smallest absolute Gasteiger partial charge is 0.291 e. The van der Waals surface area contributed by atoms with E-state index in [1.807, 2.05) is 37.3 Å². The van der Waals surface area contributed by atoms with E-state index in [2.05, 4.69) is 15.5 Å². The number of nitrogens with one attached hydrogen (secondary N) is 1. The molecule has 0 fully saturated rings. The summed E-state index contributed by atoms with van der Waals surface area (Å²) >= 11 is 0. The molecule has 0 unspecified atom stereocenters. The molecule has 7 heteroatoms. The number of carbonyl (C=O) groups is 1. The molecule has 1 amide bonds. The molecule has 5 N–H and O–H groups in total. The molecule has 1 aliphatic carbocycles. The Morgan fingerprint density at radius 2 is 1.96 bits per heavy atom. The Morgan fingerprint density at radius 1 is 1.21 bits per heavy atom. The van der Waals surface area contributed by atoms with E-state index in [9.17, 15) is 4.79 Å². The highest BCUT2D eigenvalue weighted by molar-refractivity contribution is 6.09. The Morgan fingerprint density at radius 3 is 2.67 bits per heavy atom. The second kappa shape index (κ2) is 6.57. The molecule has 0 bridgehead atoms. The van der Waals surface area contributed by atoms with Crippen LogP contribution in [0.4, 0.5) is 5.69 Å². The van der Waals surface area contributed by atoms with E-state index in [4.69, 9.17) is 15.9 Å². The number of furan rings is 1. The van der Waals surface area contributed by atoms with Gasteiger partial charge >= 0.3 is 0 Å². The highest BCUT2D eigenvalue weighted by Crippen LogP contribution is 2.30. The normalized spacial score (nSPS) is 15.0. The molecule has 0 aliphatic heterocycles. The maximum Gasteiger partial charge on any atom is 0.291 e. The highest BCUT2D eigenvalue weighted by atomic mass is 16.4. The van der Waals surface area contributed by atoms with Gasteiger partial charge in [0.2, 0.25) is 5.96 Å². The van der Waals surface area contributed by atoms with Crippen molar-refractivity contribution in [3.63, 3.8) is 0 Å². The third-order valence-electron chi connectivity index (χ3n) is 3.85. The van der Waals surface area contributed by atoms with Crippen molar-refractivity contribution in [2.75, 3.05) is 5.32 Å². The summed E-state index contributed by atoms with van der Waals surface area (Å²) in [5.41, 5.74) is 13.7. The van der Waals surface area contributed by atoms with Crippen LogP contribution in [0.1, 0.15) is 40.3 Å². The van der Waals surface area contributed by atoms with Gasteiger partial charge in [-0.05, 0) is 31.9 Å². The van der Waals surface area contributed by atoms with Gasteiger partial charge in [-0.1, -0.05) is 18.2 Å². The lowest BCUT2D eigenvalue weighted by molar-refractivity contribution is 0.0994. The minimum absolute atomic E-state index is 0.0992. The van der Waals surface area contributed by atoms with Crippen molar-refractivity contribution in [3.05, 3.63) is 53.0 Å². The van der Waals surface area contributed by atoms with Crippen LogP contribution in [0.3, 0.4) is 0 Å². The van der Waals surface area contributed by atoms with Crippen molar-refractivity contribution in [1.29, 1.82) is 0 Å². The Hall–Kier alpha value is -3.09. The number of hydrogen-bond acceptors (Lipinski definition) is 4. The van der Waals surface area contributed by atoms with Gasteiger partial charge in [-0.2, -0.15) is 5.10 Å². The van der Waals surface area contributed by atoms with Gasteiger partial charge in [0, 0.05) is 23.2 Å². The molecule has 1 aromatic carbocycles. The summed E-state index contributed by atoms with van der Waals surface area (Å²) < 4.78 is 5.80. The standard InChI is InChI=1S/C17H19N5O2/c1-10-14-12(21-22-17(18)19)8-5-9-13(14)24-15(10)16(23)20-11-6-3-2-4-7-11/h2-4,6-7H,5,8-9H2,1H3,(H,20,23)(H4,18,19,22)/b21-12+. The molecule has 124 valence electrons. The molecule has 24 heavy (non-hydrogen) atoms. The SMILES string of the molecule is Cc1c(C(=O)Nc2ccccc2)oc2c1/C(=N/N=C(N)N)CCC2. The fourth-order valence-corrected chi connectivity index (χ4v) is 2.81. The van der Waals surface area contributed by atoms with Crippen LogP contribution in [-0.4, -0.2) is 17.6 Å². The van der Waals surface area contributed by atoms with Crippen LogP contribution in [0.5, 0.6) is 0 Å². The fourth-order valence-electron chi connectivity index (χ4n) is 2.81. The van der Waals surface area contributed by atoms with Crippen molar-refractivity contribution < 1.29 is 9.21 Å². The average molecular weight is 325 g/mol. The van der Waals surface area contributed by atoms with Gasteiger partial charge in [-0.3, -0.25) is 4.79 Å². The van der Waals surface area contributed by atoms with Crippen molar-refractivity contribution in [2.45, 2.75) is 26.2 Å². The first-order chi connectivity index (χ1) is 11.6. The Labute approximate surface area is 139 Å². The summed E-state index contributed by atoms with van der Waals surface area (Å²) in [4.78, 5) is 12.5. The topological polar surface area (TPSA) is 119 Å². The van der Waals surface area contributed by atoms with Crippen molar-refractivity contribution >= 4 is 23.3 Å². The molecule has 0 saturated heterocycles. The maximum atomic E-state index is 12.5. The predicted octanol–water partition coefficient (Wildman–Crippen LogP) is 2.15. The van der Waals surface area contributed by atoms with Gasteiger partial charge in [0.05, 0.1) is 5.71 Å². The molecule has 3 rings (SSSR count). The number of nitrogens with zero attached hydrogens (tertiary/aromatic N) is 2. The van der Waals surface area contributed by atoms with Gasteiger partial charge in [0.1, 0.15) is 5.76 Å². The van der Waals surface area contributed by atoms with E-state index < -0.39 is 0 Å². The monoisotopic (exact) mass is 325 g/mol. The van der Waals surface area contributed by atoms with Gasteiger partial charge in [-0.25, -0.2) is 0 Å². The number of fused-ring (bicyclic) bond motifs is 1. The minimum Gasteiger partial charge on any atom is -0.455 e. The van der Waals surface area contributed by atoms with Gasteiger partial charge in [0.15, 0.2) is 5.76 Å². The Balaban J connectivity index is 1.93. The zero-order chi connectivity index (χ0) is 17.1. The molecule has 7 nitrogen and oxygen atoms in total. The lowest BCUT2D eigenvalue weighted by Gasteiger charge is -2.11. The van der Waals surface area contributed by atoms with Crippen molar-refractivity contribution in [3.8, 4) is 0 Å². The van der Waals surface area contributed by atoms with Crippen LogP contribution in [-0.2, 0) is 6.42 Å². The van der Waals surface area contributed by atoms with E-state index in [0.717, 1.165) is 41.9 Å². The highest BCUT2D eigenvalue weighted by Gasteiger charge is 2.28. The second-order valence-corrected chi connectivity index (χ2v) is 5.60. The number of benzene rings is 1. The molecule has 0 atom stereocenters. The fraction of sp³-hybridized carbons (Fsp3) is 0.235. The maximum absolute atomic E-state index is 12.5. The lowest BCUT2D eigenvalue weighted by Crippen LogP contribution is -2.22. The summed E-state index contributed by atoms with van der Waals surface area (Å²) in [6, 6.07) is 9.24. The number of amides is 1. The summed E-state index contributed by atoms with van der Waals surface area (Å²) in [6.45, 7) is 1.85. The van der Waals surface area contributed by atoms with E-state index in [1.165, 1.54) is 0 Å². The van der Waals surface area contributed by atoms with Crippen LogP contribution in [0.2, 0.25) is 0 Å². The zero-order valence-corrected chi connectivity index (χ0v) is 13.4. The number of carbonyl (C=O) groups excluding carboxylic acids is 1. The second-order valence-electron chi connectivity index (χ2n) is 5.60. The van der Waals surface area contributed by atoms with Crippen LogP contribution < -0.4 is 16.8 Å². The first kappa shape index (κ1) is 15.8. The summed E-state index contributed by atoms with van der Waals surface area (Å²) in [5.74, 6) is 0.664. The molecule has 0 radical (unpaired) electrons. The average Bonchev–Trinajstić information content (AvgIpc) is 2.91. The Kier molecular flexibility index (Phi) is 4.33. The van der Waals surface area contributed by atoms with Crippen molar-refractivity contribution in [1.82, 2.24) is 0 Å². The van der Waals surface area contributed by atoms with Crippen LogP contribution in [0, 0.1) is 6.92 Å². The lowest BCUT2D eigenvalue weighted by atomic mass is 9.93. The number of hydrogen-bond donors (Lipinski definition) is 3. The largest absolute Gasteiger partial charge is 0.455 e. The van der Waals surface area contributed by atoms with Gasteiger partial charge in [0.25, 0.3) is 5.91 Å². The zero-order valence-electron chi connectivity index (χ0n) is 13.4. The molecule has 1 aromatic heterocycles. The number of guanidine groups is 1. The molecule has 0 spiro atoms. The number of anilines is 1. The van der Waals surface area contributed by atoms with E-state index in [0.29, 0.717) is 11.4 Å². The molecular formula is C17H19N5O2. The first-order valence-corrected chi connectivity index (χ1v) is 7.70. The Bertz CT molecular complexity index is 817. The van der Waals surface area contributed by atoms with Crippen molar-refractivity contribution in [2.24, 2.45) is 21.7 Å². The van der Waals surface area contributed by atoms with E-state index >= 15 is 0 Å². The molecule has 1 heterocycles. The number of aryl methyl sites for hydroxylation is 1. The quantitative estimate of drug-likeness (QED) is 0.455. The van der Waals surface area contributed by atoms with Crippen LogP contribution in [0.15, 0.2) is 45.0 Å². The van der Waals surface area contributed by atoms with E-state index in [1.54, 1.807) is 0 Å². The van der Waals surface area contributed by atoms with Crippen LogP contribution >= 0.6 is 0 Å². The minimum atomic E-state index is -0.283. The molecule has 1 aliphatic rings. The summed E-state index contributed by atoms with van der Waals surface area (Å²) in [5, 5.41) is 10.7. The number of rotatable bonds is 3. The summed E-state index contributed by atoms with van der Waals surface area (Å²) in [7, 11) is 0. The third kappa shape index (κ3) is 3.15. The van der Waals surface area contributed by atoms with Crippen LogP contribution in [0.25, 0.3) is 0 Å². The van der Waals surface area contributed by atoms with Gasteiger partial charge in [-0.15, -0.1) is 5.10 Å². The molecule has 2 aromatic rings. The number of nitrogens with two attached hydrogens (primary N) is 2. The van der Waals surface area contributed by atoms with E-state index in [-0.39, 0.29) is 11.9 Å². The third-order valence-corrected chi connectivity index (χ3v) is 3.85. The van der Waals surface area contributed by atoms with Gasteiger partial charge < -0.3 is 21.2 Å². The summed E-state index contributed by atoms with van der Waals surface area (Å²) in [6.07, 6.45) is 2.37. The first-order valence-electron chi connectivity index (χ1n) is 7.70.